The quantitative estimate of drug-likeness (QED) is 0.597. The van der Waals surface area contributed by atoms with E-state index in [0.29, 0.717) is 24.0 Å². The van der Waals surface area contributed by atoms with Gasteiger partial charge in [-0.15, -0.1) is 0 Å². The van der Waals surface area contributed by atoms with Crippen LogP contribution in [0.15, 0.2) is 24.3 Å². The number of nitrogens with zero attached hydrogens (tertiary/aromatic N) is 1. The van der Waals surface area contributed by atoms with Gasteiger partial charge in [0.25, 0.3) is 0 Å². The Morgan fingerprint density at radius 3 is 2.81 bits per heavy atom. The first kappa shape index (κ1) is 16.1. The molecule has 1 aromatic rings. The van der Waals surface area contributed by atoms with Crippen molar-refractivity contribution in [3.05, 3.63) is 24.3 Å². The Morgan fingerprint density at radius 2 is 2.19 bits per heavy atom. The van der Waals surface area contributed by atoms with Crippen LogP contribution in [0, 0.1) is 0 Å². The van der Waals surface area contributed by atoms with Crippen molar-refractivity contribution in [1.29, 1.82) is 0 Å². The molecule has 2 rings (SSSR count). The molecular weight excluding hydrogens is 268 g/mol. The number of ether oxygens (including phenoxy) is 1. The van der Waals surface area contributed by atoms with E-state index in [0.717, 1.165) is 13.0 Å². The van der Waals surface area contributed by atoms with Crippen LogP contribution in [0.25, 0.3) is 0 Å². The number of nitrogen functional groups attached to an aromatic ring is 1. The fraction of sp³-hybridized carbons (Fsp3) is 0.625. The van der Waals surface area contributed by atoms with E-state index >= 15 is 0 Å². The molecule has 0 bridgehead atoms. The smallest absolute Gasteiger partial charge is 0.121 e. The van der Waals surface area contributed by atoms with Gasteiger partial charge >= 0.3 is 0 Å². The average Bonchev–Trinajstić information content (AvgIpc) is 2.41. The summed E-state index contributed by atoms with van der Waals surface area (Å²) >= 11 is 0. The largest absolute Gasteiger partial charge is 0.491 e. The molecule has 0 aliphatic heterocycles. The van der Waals surface area contributed by atoms with E-state index in [9.17, 15) is 5.11 Å². The Labute approximate surface area is 126 Å². The molecule has 1 aromatic carbocycles. The van der Waals surface area contributed by atoms with Crippen molar-refractivity contribution in [3.63, 3.8) is 0 Å². The first-order chi connectivity index (χ1) is 10.2. The average molecular weight is 294 g/mol. The molecule has 5 nitrogen and oxygen atoms in total. The lowest BCUT2D eigenvalue weighted by molar-refractivity contribution is 0.0310. The Morgan fingerprint density at radius 1 is 1.38 bits per heavy atom. The lowest BCUT2D eigenvalue weighted by Gasteiger charge is -2.38. The van der Waals surface area contributed by atoms with Crippen LogP contribution in [0.2, 0.25) is 0 Å². The van der Waals surface area contributed by atoms with Gasteiger partial charge < -0.3 is 20.7 Å². The third-order valence-electron chi connectivity index (χ3n) is 3.94. The second-order valence-electron chi connectivity index (χ2n) is 5.69. The van der Waals surface area contributed by atoms with E-state index in [1.54, 1.807) is 12.1 Å². The highest BCUT2D eigenvalue weighted by Gasteiger charge is 2.26. The summed E-state index contributed by atoms with van der Waals surface area (Å²) in [7, 11) is 0. The van der Waals surface area contributed by atoms with Gasteiger partial charge in [-0.05, 0) is 31.4 Å². The number of benzene rings is 1. The van der Waals surface area contributed by atoms with Crippen LogP contribution in [0.1, 0.15) is 25.7 Å². The van der Waals surface area contributed by atoms with Crippen molar-refractivity contribution < 1.29 is 14.9 Å². The molecule has 4 N–H and O–H groups in total. The van der Waals surface area contributed by atoms with Gasteiger partial charge in [0, 0.05) is 37.5 Å². The van der Waals surface area contributed by atoms with Gasteiger partial charge in [0.2, 0.25) is 0 Å². The highest BCUT2D eigenvalue weighted by atomic mass is 16.5. The highest BCUT2D eigenvalue weighted by molar-refractivity contribution is 5.43. The maximum Gasteiger partial charge on any atom is 0.121 e. The molecule has 1 aliphatic rings. The van der Waals surface area contributed by atoms with Crippen LogP contribution in [-0.2, 0) is 0 Å². The Hall–Kier alpha value is -1.30. The highest BCUT2D eigenvalue weighted by Crippen LogP contribution is 2.25. The number of rotatable bonds is 9. The molecule has 0 radical (unpaired) electrons. The van der Waals surface area contributed by atoms with Crippen molar-refractivity contribution in [1.82, 2.24) is 4.90 Å². The fourth-order valence-corrected chi connectivity index (χ4v) is 2.57. The maximum atomic E-state index is 10.2. The molecule has 0 amide bonds. The zero-order valence-corrected chi connectivity index (χ0v) is 12.4. The van der Waals surface area contributed by atoms with Crippen LogP contribution in [0.4, 0.5) is 5.69 Å². The van der Waals surface area contributed by atoms with Crippen LogP contribution in [0.5, 0.6) is 5.75 Å². The normalized spacial score (nSPS) is 16.7. The molecule has 0 heterocycles. The minimum absolute atomic E-state index is 0.194. The van der Waals surface area contributed by atoms with E-state index in [-0.39, 0.29) is 13.2 Å². The Balaban J connectivity index is 1.77. The molecule has 1 saturated carbocycles. The molecule has 1 fully saturated rings. The van der Waals surface area contributed by atoms with E-state index < -0.39 is 6.10 Å². The minimum atomic E-state index is -0.536. The third kappa shape index (κ3) is 5.19. The van der Waals surface area contributed by atoms with Crippen molar-refractivity contribution in [3.8, 4) is 5.75 Å². The van der Waals surface area contributed by atoms with E-state index in [1.165, 1.54) is 19.3 Å². The first-order valence-corrected chi connectivity index (χ1v) is 7.70. The minimum Gasteiger partial charge on any atom is -0.491 e. The fourth-order valence-electron chi connectivity index (χ4n) is 2.57. The lowest BCUT2D eigenvalue weighted by Crippen LogP contribution is -2.46. The Bertz CT molecular complexity index is 424. The number of aliphatic hydroxyl groups excluding tert-OH is 2. The molecule has 118 valence electrons. The van der Waals surface area contributed by atoms with E-state index in [2.05, 4.69) is 4.90 Å². The summed E-state index contributed by atoms with van der Waals surface area (Å²) in [6, 6.07) is 7.77. The summed E-state index contributed by atoms with van der Waals surface area (Å²) < 4.78 is 5.58. The second kappa shape index (κ2) is 8.22. The maximum absolute atomic E-state index is 10.2. The standard InChI is InChI=1S/C16H26N2O3/c17-13-4-1-7-16(10-13)21-12-15(20)11-18(8-3-9-19)14-5-2-6-14/h1,4,7,10,14-15,19-20H,2-3,5-6,8-9,11-12,17H2. The summed E-state index contributed by atoms with van der Waals surface area (Å²) in [5.41, 5.74) is 6.35. The van der Waals surface area contributed by atoms with Crippen LogP contribution < -0.4 is 10.5 Å². The third-order valence-corrected chi connectivity index (χ3v) is 3.94. The van der Waals surface area contributed by atoms with E-state index in [4.69, 9.17) is 15.6 Å². The van der Waals surface area contributed by atoms with Gasteiger partial charge in [0.1, 0.15) is 18.5 Å². The van der Waals surface area contributed by atoms with Gasteiger partial charge in [-0.3, -0.25) is 4.90 Å². The number of hydrogen-bond acceptors (Lipinski definition) is 5. The molecule has 0 aromatic heterocycles. The molecule has 1 unspecified atom stereocenters. The SMILES string of the molecule is Nc1cccc(OCC(O)CN(CCCO)C2CCC2)c1. The summed E-state index contributed by atoms with van der Waals surface area (Å²) in [4.78, 5) is 2.27. The molecule has 5 heteroatoms. The van der Waals surface area contributed by atoms with Crippen molar-refractivity contribution in [2.45, 2.75) is 37.8 Å². The van der Waals surface area contributed by atoms with Crippen LogP contribution in [-0.4, -0.2) is 53.6 Å². The zero-order chi connectivity index (χ0) is 15.1. The van der Waals surface area contributed by atoms with Crippen molar-refractivity contribution in [2.75, 3.05) is 32.0 Å². The zero-order valence-electron chi connectivity index (χ0n) is 12.4. The molecule has 1 aliphatic carbocycles. The monoisotopic (exact) mass is 294 g/mol. The number of aliphatic hydroxyl groups is 2. The predicted molar refractivity (Wildman–Crippen MR) is 83.3 cm³/mol. The number of anilines is 1. The van der Waals surface area contributed by atoms with Gasteiger partial charge in [-0.1, -0.05) is 12.5 Å². The van der Waals surface area contributed by atoms with Crippen LogP contribution in [0.3, 0.4) is 0 Å². The lowest BCUT2D eigenvalue weighted by atomic mass is 9.91. The molecular formula is C16H26N2O3. The van der Waals surface area contributed by atoms with Crippen molar-refractivity contribution in [2.24, 2.45) is 0 Å². The topological polar surface area (TPSA) is 79.0 Å². The summed E-state index contributed by atoms with van der Waals surface area (Å²) in [5, 5.41) is 19.1. The first-order valence-electron chi connectivity index (χ1n) is 7.70. The summed E-state index contributed by atoms with van der Waals surface area (Å²) in [5.74, 6) is 0.680. The number of hydrogen-bond donors (Lipinski definition) is 3. The Kier molecular flexibility index (Phi) is 6.29. The van der Waals surface area contributed by atoms with Gasteiger partial charge in [0.05, 0.1) is 0 Å². The van der Waals surface area contributed by atoms with Gasteiger partial charge in [-0.25, -0.2) is 0 Å². The predicted octanol–water partition coefficient (Wildman–Crippen LogP) is 1.25. The van der Waals surface area contributed by atoms with Gasteiger partial charge in [-0.2, -0.15) is 0 Å². The van der Waals surface area contributed by atoms with E-state index in [1.807, 2.05) is 12.1 Å². The molecule has 1 atom stereocenters. The van der Waals surface area contributed by atoms with Crippen molar-refractivity contribution >= 4 is 5.69 Å². The van der Waals surface area contributed by atoms with Gasteiger partial charge in [0.15, 0.2) is 0 Å². The molecule has 0 spiro atoms. The molecule has 0 saturated heterocycles. The summed E-state index contributed by atoms with van der Waals surface area (Å²) in [6.45, 7) is 1.87. The molecule has 21 heavy (non-hydrogen) atoms. The van der Waals surface area contributed by atoms with Crippen LogP contribution >= 0.6 is 0 Å². The second-order valence-corrected chi connectivity index (χ2v) is 5.69. The number of nitrogens with two attached hydrogens (primary N) is 1. The summed E-state index contributed by atoms with van der Waals surface area (Å²) in [6.07, 6.45) is 3.85.